The third-order valence-electron chi connectivity index (χ3n) is 2.73. The molecule has 0 fully saturated rings. The van der Waals surface area contributed by atoms with E-state index in [4.69, 9.17) is 9.47 Å². The molecule has 2 aromatic carbocycles. The lowest BCUT2D eigenvalue weighted by molar-refractivity contribution is 0.0729. The van der Waals surface area contributed by atoms with Gasteiger partial charge < -0.3 is 9.47 Å². The molecule has 6 heteroatoms. The molecule has 1 amide bonds. The average Bonchev–Trinajstić information content (AvgIpc) is 2.54. The van der Waals surface area contributed by atoms with Crippen molar-refractivity contribution < 1.29 is 19.1 Å². The second kappa shape index (κ2) is 6.42. The summed E-state index contributed by atoms with van der Waals surface area (Å²) in [6.07, 6.45) is 0. The third kappa shape index (κ3) is 3.30. The SMILES string of the molecule is COc1ccc(OC(=O)c2ccccc2C(=O)N=O)cc1. The van der Waals surface area contributed by atoms with Crippen LogP contribution in [0.25, 0.3) is 0 Å². The summed E-state index contributed by atoms with van der Waals surface area (Å²) in [5.74, 6) is -0.845. The van der Waals surface area contributed by atoms with E-state index in [1.165, 1.54) is 25.3 Å². The van der Waals surface area contributed by atoms with Crippen molar-refractivity contribution in [2.24, 2.45) is 5.18 Å². The number of rotatable bonds is 4. The Balaban J connectivity index is 2.24. The van der Waals surface area contributed by atoms with Crippen LogP contribution in [-0.2, 0) is 0 Å². The first kappa shape index (κ1) is 14.4. The molecule has 106 valence electrons. The molecule has 0 saturated carbocycles. The Kier molecular flexibility index (Phi) is 4.40. The maximum atomic E-state index is 12.1. The number of carbonyl (C=O) groups excluding carboxylic acids is 2. The van der Waals surface area contributed by atoms with Crippen LogP contribution in [0.3, 0.4) is 0 Å². The Morgan fingerprint density at radius 3 is 2.05 bits per heavy atom. The molecule has 0 radical (unpaired) electrons. The minimum absolute atomic E-state index is 0.0158. The highest BCUT2D eigenvalue weighted by Crippen LogP contribution is 2.19. The highest BCUT2D eigenvalue weighted by atomic mass is 16.5. The summed E-state index contributed by atoms with van der Waals surface area (Å²) in [5, 5.41) is 2.32. The molecule has 21 heavy (non-hydrogen) atoms. The number of benzene rings is 2. The number of amides is 1. The monoisotopic (exact) mass is 285 g/mol. The molecule has 0 aliphatic carbocycles. The Morgan fingerprint density at radius 1 is 0.905 bits per heavy atom. The quantitative estimate of drug-likeness (QED) is 0.490. The fraction of sp³-hybridized carbons (Fsp3) is 0.0667. The number of carbonyl (C=O) groups is 2. The van der Waals surface area contributed by atoms with Crippen molar-refractivity contribution in [1.29, 1.82) is 0 Å². The van der Waals surface area contributed by atoms with Crippen LogP contribution in [0.5, 0.6) is 11.5 Å². The molecule has 0 bridgehead atoms. The Labute approximate surface area is 120 Å². The summed E-state index contributed by atoms with van der Waals surface area (Å²) >= 11 is 0. The molecule has 0 unspecified atom stereocenters. The molecule has 0 saturated heterocycles. The largest absolute Gasteiger partial charge is 0.497 e. The Morgan fingerprint density at radius 2 is 1.48 bits per heavy atom. The van der Waals surface area contributed by atoms with Gasteiger partial charge in [-0.1, -0.05) is 12.1 Å². The van der Waals surface area contributed by atoms with Gasteiger partial charge in [-0.15, -0.1) is 4.91 Å². The molecule has 6 nitrogen and oxygen atoms in total. The summed E-state index contributed by atoms with van der Waals surface area (Å²) in [4.78, 5) is 33.8. The van der Waals surface area contributed by atoms with Gasteiger partial charge in [-0.25, -0.2) is 4.79 Å². The van der Waals surface area contributed by atoms with Crippen molar-refractivity contribution in [3.05, 3.63) is 64.6 Å². The average molecular weight is 285 g/mol. The maximum absolute atomic E-state index is 12.1. The summed E-state index contributed by atoms with van der Waals surface area (Å²) in [6.45, 7) is 0. The number of methoxy groups -OCH3 is 1. The van der Waals surface area contributed by atoms with E-state index in [0.29, 0.717) is 11.5 Å². The molecular formula is C15H11NO5. The van der Waals surface area contributed by atoms with Crippen molar-refractivity contribution in [2.45, 2.75) is 0 Å². The molecule has 0 aliphatic rings. The van der Waals surface area contributed by atoms with Crippen molar-refractivity contribution in [3.63, 3.8) is 0 Å². The van der Waals surface area contributed by atoms with Crippen LogP contribution in [0, 0.1) is 4.91 Å². The zero-order chi connectivity index (χ0) is 15.2. The normalized spacial score (nSPS) is 9.76. The van der Waals surface area contributed by atoms with Crippen molar-refractivity contribution in [1.82, 2.24) is 0 Å². The van der Waals surface area contributed by atoms with E-state index in [1.807, 2.05) is 0 Å². The number of hydrogen-bond donors (Lipinski definition) is 0. The Hall–Kier alpha value is -3.02. The first-order valence-electron chi connectivity index (χ1n) is 5.98. The minimum atomic E-state index is -1.02. The third-order valence-corrected chi connectivity index (χ3v) is 2.73. The molecule has 2 aromatic rings. The number of ether oxygens (including phenoxy) is 2. The fourth-order valence-corrected chi connectivity index (χ4v) is 1.70. The van der Waals surface area contributed by atoms with Crippen LogP contribution in [0.15, 0.2) is 53.7 Å². The molecule has 0 heterocycles. The van der Waals surface area contributed by atoms with E-state index in [0.717, 1.165) is 0 Å². The zero-order valence-electron chi connectivity index (χ0n) is 11.1. The van der Waals surface area contributed by atoms with E-state index >= 15 is 0 Å². The Bertz CT molecular complexity index is 679. The topological polar surface area (TPSA) is 82.0 Å². The van der Waals surface area contributed by atoms with Crippen molar-refractivity contribution >= 4 is 11.9 Å². The number of nitroso groups, excluding NO2 is 1. The van der Waals surface area contributed by atoms with Gasteiger partial charge in [0.25, 0.3) is 0 Å². The van der Waals surface area contributed by atoms with E-state index in [1.54, 1.807) is 30.3 Å². The highest BCUT2D eigenvalue weighted by molar-refractivity contribution is 6.06. The van der Waals surface area contributed by atoms with Gasteiger partial charge in [0.2, 0.25) is 0 Å². The predicted molar refractivity (Wildman–Crippen MR) is 74.5 cm³/mol. The second-order valence-corrected chi connectivity index (χ2v) is 4.01. The van der Waals surface area contributed by atoms with Crippen LogP contribution in [0.2, 0.25) is 0 Å². The molecule has 0 aromatic heterocycles. The second-order valence-electron chi connectivity index (χ2n) is 4.01. The molecule has 0 atom stereocenters. The molecule has 0 spiro atoms. The van der Waals surface area contributed by atoms with E-state index in [2.05, 4.69) is 5.18 Å². The number of esters is 1. The summed E-state index contributed by atoms with van der Waals surface area (Å²) in [6, 6.07) is 12.2. The van der Waals surface area contributed by atoms with Crippen LogP contribution >= 0.6 is 0 Å². The molecular weight excluding hydrogens is 274 g/mol. The number of nitrogens with zero attached hydrogens (tertiary/aromatic N) is 1. The highest BCUT2D eigenvalue weighted by Gasteiger charge is 2.18. The summed E-state index contributed by atoms with van der Waals surface area (Å²) in [5.41, 5.74) is -0.107. The maximum Gasteiger partial charge on any atom is 0.344 e. The predicted octanol–water partition coefficient (Wildman–Crippen LogP) is 2.82. The smallest absolute Gasteiger partial charge is 0.344 e. The van der Waals surface area contributed by atoms with Gasteiger partial charge in [-0.05, 0) is 36.4 Å². The van der Waals surface area contributed by atoms with Crippen molar-refractivity contribution in [3.8, 4) is 11.5 Å². The first-order chi connectivity index (χ1) is 10.2. The lowest BCUT2D eigenvalue weighted by Crippen LogP contribution is -2.13. The standard InChI is InChI=1S/C15H11NO5/c1-20-10-6-8-11(9-7-10)21-15(18)13-5-3-2-4-12(13)14(17)16-19/h2-9H,1H3. The summed E-state index contributed by atoms with van der Waals surface area (Å²) < 4.78 is 10.1. The van der Waals surface area contributed by atoms with Crippen LogP contribution in [0.4, 0.5) is 0 Å². The first-order valence-corrected chi connectivity index (χ1v) is 5.98. The van der Waals surface area contributed by atoms with Gasteiger partial charge in [0.15, 0.2) is 0 Å². The van der Waals surface area contributed by atoms with Crippen LogP contribution < -0.4 is 9.47 Å². The van der Waals surface area contributed by atoms with Gasteiger partial charge in [-0.3, -0.25) is 4.79 Å². The van der Waals surface area contributed by atoms with E-state index in [9.17, 15) is 14.5 Å². The van der Waals surface area contributed by atoms with Gasteiger partial charge in [0, 0.05) is 5.18 Å². The number of hydrogen-bond acceptors (Lipinski definition) is 5. The van der Waals surface area contributed by atoms with Gasteiger partial charge in [0.05, 0.1) is 18.2 Å². The molecule has 2 rings (SSSR count). The minimum Gasteiger partial charge on any atom is -0.497 e. The van der Waals surface area contributed by atoms with Crippen molar-refractivity contribution in [2.75, 3.05) is 7.11 Å². The van der Waals surface area contributed by atoms with Gasteiger partial charge in [-0.2, -0.15) is 0 Å². The van der Waals surface area contributed by atoms with E-state index < -0.39 is 11.9 Å². The summed E-state index contributed by atoms with van der Waals surface area (Å²) in [7, 11) is 1.52. The molecule has 0 aliphatic heterocycles. The van der Waals surface area contributed by atoms with Gasteiger partial charge in [0.1, 0.15) is 11.5 Å². The zero-order valence-corrected chi connectivity index (χ0v) is 11.1. The lowest BCUT2D eigenvalue weighted by Gasteiger charge is -2.07. The van der Waals surface area contributed by atoms with Crippen LogP contribution in [-0.4, -0.2) is 19.0 Å². The lowest BCUT2D eigenvalue weighted by atomic mass is 10.1. The fourth-order valence-electron chi connectivity index (χ4n) is 1.70. The van der Waals surface area contributed by atoms with Crippen LogP contribution in [0.1, 0.15) is 20.7 Å². The van der Waals surface area contributed by atoms with E-state index in [-0.39, 0.29) is 11.1 Å². The van der Waals surface area contributed by atoms with Gasteiger partial charge >= 0.3 is 11.9 Å². The molecule has 0 N–H and O–H groups in total.